The van der Waals surface area contributed by atoms with Crippen LogP contribution >= 0.6 is 0 Å². The van der Waals surface area contributed by atoms with Gasteiger partial charge in [-0.25, -0.2) is 4.98 Å². The van der Waals surface area contributed by atoms with Crippen molar-refractivity contribution in [1.82, 2.24) is 9.55 Å². The van der Waals surface area contributed by atoms with Crippen molar-refractivity contribution in [1.29, 1.82) is 0 Å². The molecule has 0 aliphatic carbocycles. The Hall–Kier alpha value is -1.51. The number of hydrogen-bond acceptors (Lipinski definition) is 2. The summed E-state index contributed by atoms with van der Waals surface area (Å²) in [4.78, 5) is 4.61. The molecule has 14 heavy (non-hydrogen) atoms. The van der Waals surface area contributed by atoms with E-state index in [1.165, 1.54) is 16.6 Å². The Morgan fingerprint density at radius 3 is 3.07 bits per heavy atom. The minimum absolute atomic E-state index is 1.01. The monoisotopic (exact) mass is 187 g/mol. The second-order valence-electron chi connectivity index (χ2n) is 3.89. The summed E-state index contributed by atoms with van der Waals surface area (Å²) in [6, 6.07) is 4.34. The first-order chi connectivity index (χ1) is 6.77. The van der Waals surface area contributed by atoms with Gasteiger partial charge in [-0.3, -0.25) is 0 Å². The third-order valence-corrected chi connectivity index (χ3v) is 3.06. The highest BCUT2D eigenvalue weighted by Crippen LogP contribution is 2.26. The number of rotatable bonds is 0. The lowest BCUT2D eigenvalue weighted by molar-refractivity contribution is 0.837. The zero-order valence-electron chi connectivity index (χ0n) is 8.46. The molecule has 1 N–H and O–H groups in total. The van der Waals surface area contributed by atoms with Gasteiger partial charge in [-0.2, -0.15) is 0 Å². The van der Waals surface area contributed by atoms with E-state index < -0.39 is 0 Å². The van der Waals surface area contributed by atoms with Crippen molar-refractivity contribution >= 4 is 17.0 Å². The highest BCUT2D eigenvalue weighted by atomic mass is 15.3. The Kier molecular flexibility index (Phi) is 1.40. The van der Waals surface area contributed by atoms with Gasteiger partial charge in [0.05, 0.1) is 11.0 Å². The van der Waals surface area contributed by atoms with E-state index in [1.807, 2.05) is 0 Å². The van der Waals surface area contributed by atoms with Gasteiger partial charge in [0.1, 0.15) is 0 Å². The lowest BCUT2D eigenvalue weighted by Gasteiger charge is -2.01. The van der Waals surface area contributed by atoms with Crippen LogP contribution in [0, 0.1) is 13.8 Å². The van der Waals surface area contributed by atoms with E-state index in [2.05, 4.69) is 40.8 Å². The topological polar surface area (TPSA) is 29.9 Å². The SMILES string of the molecule is Cc1ccc2c(nc3n2CCN3)c1C. The third-order valence-electron chi connectivity index (χ3n) is 3.06. The molecule has 0 amide bonds. The minimum atomic E-state index is 1.01. The van der Waals surface area contributed by atoms with Gasteiger partial charge in [-0.15, -0.1) is 0 Å². The summed E-state index contributed by atoms with van der Waals surface area (Å²) >= 11 is 0. The first kappa shape index (κ1) is 7.85. The molecule has 0 spiro atoms. The molecule has 0 saturated heterocycles. The zero-order chi connectivity index (χ0) is 9.71. The van der Waals surface area contributed by atoms with E-state index in [-0.39, 0.29) is 0 Å². The smallest absolute Gasteiger partial charge is 0.204 e. The summed E-state index contributed by atoms with van der Waals surface area (Å²) in [7, 11) is 0. The van der Waals surface area contributed by atoms with E-state index in [4.69, 9.17) is 0 Å². The fraction of sp³-hybridized carbons (Fsp3) is 0.364. The molecule has 0 radical (unpaired) electrons. The van der Waals surface area contributed by atoms with Crippen LogP contribution in [0.5, 0.6) is 0 Å². The third kappa shape index (κ3) is 0.842. The van der Waals surface area contributed by atoms with Gasteiger partial charge in [0, 0.05) is 13.1 Å². The summed E-state index contributed by atoms with van der Waals surface area (Å²) in [5, 5.41) is 3.29. The Morgan fingerprint density at radius 2 is 2.21 bits per heavy atom. The van der Waals surface area contributed by atoms with Gasteiger partial charge < -0.3 is 9.88 Å². The molecule has 72 valence electrons. The van der Waals surface area contributed by atoms with Crippen molar-refractivity contribution in [3.05, 3.63) is 23.3 Å². The maximum Gasteiger partial charge on any atom is 0.204 e. The predicted molar refractivity (Wildman–Crippen MR) is 57.7 cm³/mol. The first-order valence-corrected chi connectivity index (χ1v) is 4.97. The van der Waals surface area contributed by atoms with Gasteiger partial charge in [0.15, 0.2) is 0 Å². The molecule has 2 heterocycles. The molecule has 1 aliphatic heterocycles. The molecule has 0 atom stereocenters. The number of benzene rings is 1. The summed E-state index contributed by atoms with van der Waals surface area (Å²) in [5.74, 6) is 1.02. The van der Waals surface area contributed by atoms with Crippen LogP contribution in [0.25, 0.3) is 11.0 Å². The number of imidazole rings is 1. The van der Waals surface area contributed by atoms with Crippen molar-refractivity contribution in [2.24, 2.45) is 0 Å². The molecule has 3 rings (SSSR count). The van der Waals surface area contributed by atoms with Crippen LogP contribution in [0.3, 0.4) is 0 Å². The largest absolute Gasteiger partial charge is 0.354 e. The number of nitrogens with zero attached hydrogens (tertiary/aromatic N) is 2. The second-order valence-corrected chi connectivity index (χ2v) is 3.89. The van der Waals surface area contributed by atoms with Crippen molar-refractivity contribution in [2.45, 2.75) is 20.4 Å². The van der Waals surface area contributed by atoms with Crippen molar-refractivity contribution < 1.29 is 0 Å². The number of hydrogen-bond donors (Lipinski definition) is 1. The average Bonchev–Trinajstić information content (AvgIpc) is 2.71. The highest BCUT2D eigenvalue weighted by molar-refractivity contribution is 5.83. The van der Waals surface area contributed by atoms with E-state index in [9.17, 15) is 0 Å². The van der Waals surface area contributed by atoms with Gasteiger partial charge >= 0.3 is 0 Å². The molecule has 3 heteroatoms. The molecule has 1 aliphatic rings. The zero-order valence-corrected chi connectivity index (χ0v) is 8.46. The number of aryl methyl sites for hydroxylation is 2. The normalized spacial score (nSPS) is 14.4. The lowest BCUT2D eigenvalue weighted by Crippen LogP contribution is -1.95. The fourth-order valence-corrected chi connectivity index (χ4v) is 2.07. The summed E-state index contributed by atoms with van der Waals surface area (Å²) in [6.45, 7) is 6.31. The van der Waals surface area contributed by atoms with Crippen molar-refractivity contribution in [2.75, 3.05) is 11.9 Å². The van der Waals surface area contributed by atoms with Gasteiger partial charge in [-0.05, 0) is 31.0 Å². The van der Waals surface area contributed by atoms with Crippen LogP contribution in [-0.4, -0.2) is 16.1 Å². The van der Waals surface area contributed by atoms with Gasteiger partial charge in [0.25, 0.3) is 0 Å². The fourth-order valence-electron chi connectivity index (χ4n) is 2.07. The van der Waals surface area contributed by atoms with Crippen LogP contribution in [-0.2, 0) is 6.54 Å². The van der Waals surface area contributed by atoms with E-state index >= 15 is 0 Å². The van der Waals surface area contributed by atoms with Crippen LogP contribution < -0.4 is 5.32 Å². The minimum Gasteiger partial charge on any atom is -0.354 e. The van der Waals surface area contributed by atoms with Crippen LogP contribution in [0.2, 0.25) is 0 Å². The predicted octanol–water partition coefficient (Wildman–Crippen LogP) is 2.08. The summed E-state index contributed by atoms with van der Waals surface area (Å²) in [5.41, 5.74) is 5.01. The Labute approximate surface area is 82.8 Å². The van der Waals surface area contributed by atoms with E-state index in [0.29, 0.717) is 0 Å². The lowest BCUT2D eigenvalue weighted by atomic mass is 10.1. The Balaban J connectivity index is 2.43. The van der Waals surface area contributed by atoms with Crippen molar-refractivity contribution in [3.63, 3.8) is 0 Å². The van der Waals surface area contributed by atoms with E-state index in [0.717, 1.165) is 24.6 Å². The molecule has 3 nitrogen and oxygen atoms in total. The highest BCUT2D eigenvalue weighted by Gasteiger charge is 2.16. The van der Waals surface area contributed by atoms with Crippen LogP contribution in [0.4, 0.5) is 5.95 Å². The average molecular weight is 187 g/mol. The molecule has 1 aromatic heterocycles. The maximum atomic E-state index is 4.61. The summed E-state index contributed by atoms with van der Waals surface area (Å²) in [6.07, 6.45) is 0. The Morgan fingerprint density at radius 1 is 1.36 bits per heavy atom. The summed E-state index contributed by atoms with van der Waals surface area (Å²) < 4.78 is 2.25. The number of aromatic nitrogens is 2. The molecule has 0 saturated carbocycles. The standard InChI is InChI=1S/C11H13N3/c1-7-3-4-9-10(8(7)2)13-11-12-5-6-14(9)11/h3-4H,5-6H2,1-2H3,(H,12,13). The molecule has 2 aromatic rings. The number of nitrogens with one attached hydrogen (secondary N) is 1. The number of fused-ring (bicyclic) bond motifs is 3. The van der Waals surface area contributed by atoms with Crippen molar-refractivity contribution in [3.8, 4) is 0 Å². The molecule has 0 fully saturated rings. The van der Waals surface area contributed by atoms with Gasteiger partial charge in [0.2, 0.25) is 5.95 Å². The number of anilines is 1. The van der Waals surface area contributed by atoms with Gasteiger partial charge in [-0.1, -0.05) is 6.07 Å². The molecule has 1 aromatic carbocycles. The quantitative estimate of drug-likeness (QED) is 0.684. The van der Waals surface area contributed by atoms with Crippen LogP contribution in [0.1, 0.15) is 11.1 Å². The molecule has 0 unspecified atom stereocenters. The molecule has 0 bridgehead atoms. The second kappa shape index (κ2) is 2.50. The Bertz CT molecular complexity index is 511. The molecular weight excluding hydrogens is 174 g/mol. The van der Waals surface area contributed by atoms with Crippen LogP contribution in [0.15, 0.2) is 12.1 Å². The maximum absolute atomic E-state index is 4.61. The molecular formula is C11H13N3. The van der Waals surface area contributed by atoms with E-state index in [1.54, 1.807) is 0 Å². The first-order valence-electron chi connectivity index (χ1n) is 4.97.